The second kappa shape index (κ2) is 8.71. The molecule has 2 nitrogen and oxygen atoms in total. The number of ether oxygens (including phenoxy) is 1. The van der Waals surface area contributed by atoms with Crippen molar-refractivity contribution >= 4 is 0 Å². The summed E-state index contributed by atoms with van der Waals surface area (Å²) < 4.78 is 5.41. The minimum Gasteiger partial charge on any atom is -0.379 e. The second-order valence-electron chi connectivity index (χ2n) is 5.24. The zero-order valence-electron chi connectivity index (χ0n) is 12.6. The van der Waals surface area contributed by atoms with Crippen LogP contribution in [0.15, 0.2) is 5.57 Å². The first-order valence-electron chi connectivity index (χ1n) is 6.79. The van der Waals surface area contributed by atoms with Crippen LogP contribution in [0.2, 0.25) is 0 Å². The van der Waals surface area contributed by atoms with E-state index in [-0.39, 0.29) is 5.60 Å². The Kier molecular flexibility index (Phi) is 8.53. The highest BCUT2D eigenvalue weighted by molar-refractivity contribution is 4.93. The largest absolute Gasteiger partial charge is 0.379 e. The molecule has 101 valence electrons. The van der Waals surface area contributed by atoms with Crippen molar-refractivity contribution in [3.8, 4) is 0 Å². The molecule has 17 heavy (non-hydrogen) atoms. The summed E-state index contributed by atoms with van der Waals surface area (Å²) in [6.45, 7) is 14.0. The highest BCUT2D eigenvalue weighted by atomic mass is 16.5. The van der Waals surface area contributed by atoms with E-state index in [1.807, 2.05) is 0 Å². The van der Waals surface area contributed by atoms with Crippen molar-refractivity contribution < 1.29 is 4.74 Å². The predicted octanol–water partition coefficient (Wildman–Crippen LogP) is 3.67. The smallest absolute Gasteiger partial charge is 0.0622 e. The van der Waals surface area contributed by atoms with Crippen molar-refractivity contribution in [3.63, 3.8) is 0 Å². The van der Waals surface area contributed by atoms with Gasteiger partial charge in [-0.25, -0.2) is 0 Å². The van der Waals surface area contributed by atoms with E-state index in [9.17, 15) is 0 Å². The molecule has 0 bridgehead atoms. The van der Waals surface area contributed by atoms with Crippen LogP contribution in [0.1, 0.15) is 53.9 Å². The molecule has 2 heteroatoms. The van der Waals surface area contributed by atoms with Gasteiger partial charge < -0.3 is 4.74 Å². The molecule has 0 rings (SSSR count). The van der Waals surface area contributed by atoms with E-state index in [4.69, 9.17) is 4.74 Å². The highest BCUT2D eigenvalue weighted by Gasteiger charge is 2.15. The Balaban J connectivity index is 3.85. The summed E-state index contributed by atoms with van der Waals surface area (Å²) in [6, 6.07) is 0. The van der Waals surface area contributed by atoms with Crippen LogP contribution in [0.3, 0.4) is 0 Å². The standard InChI is InChI=1S/C15H30NO/c1-7-16(8-2)13-11-14(3)10-9-12-15(4,5)17-6/h7-10,12-13H2,1-6H3. The van der Waals surface area contributed by atoms with Gasteiger partial charge >= 0.3 is 0 Å². The summed E-state index contributed by atoms with van der Waals surface area (Å²) in [5.74, 6) is 0. The van der Waals surface area contributed by atoms with Crippen LogP contribution in [0.5, 0.6) is 0 Å². The molecule has 0 aromatic heterocycles. The number of nitrogens with zero attached hydrogens (tertiary/aromatic N) is 1. The fraction of sp³-hybridized carbons (Fsp3) is 0.867. The molecular formula is C15H30NO. The van der Waals surface area contributed by atoms with Crippen molar-refractivity contribution in [3.05, 3.63) is 11.6 Å². The molecule has 1 radical (unpaired) electrons. The molecule has 0 aliphatic carbocycles. The van der Waals surface area contributed by atoms with E-state index in [0.29, 0.717) is 0 Å². The summed E-state index contributed by atoms with van der Waals surface area (Å²) in [5, 5.41) is 0. The van der Waals surface area contributed by atoms with Gasteiger partial charge in [-0.3, -0.25) is 4.90 Å². The fourth-order valence-corrected chi connectivity index (χ4v) is 1.66. The molecule has 0 spiro atoms. The lowest BCUT2D eigenvalue weighted by atomic mass is 9.99. The van der Waals surface area contributed by atoms with Gasteiger partial charge in [-0.05, 0) is 59.2 Å². The Morgan fingerprint density at radius 3 is 2.29 bits per heavy atom. The van der Waals surface area contributed by atoms with Gasteiger partial charge in [0.05, 0.1) is 5.60 Å². The minimum atomic E-state index is 0.0130. The van der Waals surface area contributed by atoms with Crippen molar-refractivity contribution in [1.29, 1.82) is 0 Å². The Morgan fingerprint density at radius 2 is 1.82 bits per heavy atom. The molecule has 0 heterocycles. The number of hydrogen-bond acceptors (Lipinski definition) is 2. The van der Waals surface area contributed by atoms with Gasteiger partial charge in [-0.2, -0.15) is 0 Å². The molecule has 0 saturated carbocycles. The van der Waals surface area contributed by atoms with E-state index in [1.54, 1.807) is 7.11 Å². The average Bonchev–Trinajstić information content (AvgIpc) is 2.30. The van der Waals surface area contributed by atoms with Crippen LogP contribution in [0, 0.1) is 6.08 Å². The molecule has 0 atom stereocenters. The summed E-state index contributed by atoms with van der Waals surface area (Å²) in [4.78, 5) is 2.38. The number of likely N-dealkylation sites (N-methyl/N-ethyl adjacent to an activating group) is 1. The first-order chi connectivity index (χ1) is 7.95. The van der Waals surface area contributed by atoms with Crippen molar-refractivity contribution in [2.24, 2.45) is 0 Å². The van der Waals surface area contributed by atoms with Gasteiger partial charge in [0, 0.05) is 13.7 Å². The molecule has 0 unspecified atom stereocenters. The zero-order chi connectivity index (χ0) is 13.3. The summed E-state index contributed by atoms with van der Waals surface area (Å²) >= 11 is 0. The summed E-state index contributed by atoms with van der Waals surface area (Å²) in [7, 11) is 1.79. The van der Waals surface area contributed by atoms with Crippen molar-refractivity contribution in [1.82, 2.24) is 4.90 Å². The Labute approximate surface area is 108 Å². The lowest BCUT2D eigenvalue weighted by molar-refractivity contribution is 0.0140. The third-order valence-corrected chi connectivity index (χ3v) is 3.38. The maximum absolute atomic E-state index is 5.41. The van der Waals surface area contributed by atoms with Crippen LogP contribution in [0.25, 0.3) is 0 Å². The van der Waals surface area contributed by atoms with Gasteiger partial charge in [-0.15, -0.1) is 0 Å². The van der Waals surface area contributed by atoms with E-state index >= 15 is 0 Å². The van der Waals surface area contributed by atoms with Crippen LogP contribution < -0.4 is 0 Å². The third-order valence-electron chi connectivity index (χ3n) is 3.38. The Morgan fingerprint density at radius 1 is 1.24 bits per heavy atom. The zero-order valence-corrected chi connectivity index (χ0v) is 12.6. The number of allylic oxidation sites excluding steroid dienone is 1. The molecule has 0 aromatic rings. The average molecular weight is 240 g/mol. The van der Waals surface area contributed by atoms with E-state index in [0.717, 1.165) is 32.5 Å². The molecule has 0 aliphatic rings. The molecule has 0 fully saturated rings. The molecule has 0 amide bonds. The minimum absolute atomic E-state index is 0.0130. The Bertz CT molecular complexity index is 217. The summed E-state index contributed by atoms with van der Waals surface area (Å²) in [6.07, 6.45) is 6.91. The van der Waals surface area contributed by atoms with Gasteiger partial charge in [0.25, 0.3) is 0 Å². The second-order valence-corrected chi connectivity index (χ2v) is 5.24. The number of rotatable bonds is 9. The van der Waals surface area contributed by atoms with Crippen molar-refractivity contribution in [2.75, 3.05) is 26.7 Å². The molecule has 0 aliphatic heterocycles. The highest BCUT2D eigenvalue weighted by Crippen LogP contribution is 2.18. The molecule has 0 saturated heterocycles. The van der Waals surface area contributed by atoms with Gasteiger partial charge in [0.15, 0.2) is 0 Å². The molecule has 0 N–H and O–H groups in total. The van der Waals surface area contributed by atoms with Gasteiger partial charge in [0.2, 0.25) is 0 Å². The third kappa shape index (κ3) is 8.39. The van der Waals surface area contributed by atoms with E-state index < -0.39 is 0 Å². The predicted molar refractivity (Wildman–Crippen MR) is 75.2 cm³/mol. The van der Waals surface area contributed by atoms with Gasteiger partial charge in [0.1, 0.15) is 0 Å². The maximum atomic E-state index is 5.41. The molecular weight excluding hydrogens is 210 g/mol. The SMILES string of the molecule is CCN(CC)C/[C]=C(/C)CCCC(C)(C)OC. The molecule has 0 aromatic carbocycles. The maximum Gasteiger partial charge on any atom is 0.0622 e. The first kappa shape index (κ1) is 16.7. The Hall–Kier alpha value is -0.340. The van der Waals surface area contributed by atoms with Crippen LogP contribution in [-0.4, -0.2) is 37.2 Å². The quantitative estimate of drug-likeness (QED) is 0.609. The van der Waals surface area contributed by atoms with Crippen molar-refractivity contribution in [2.45, 2.75) is 59.5 Å². The van der Waals surface area contributed by atoms with Crippen LogP contribution in [0.4, 0.5) is 0 Å². The van der Waals surface area contributed by atoms with E-state index in [2.05, 4.69) is 45.6 Å². The normalized spacial score (nSPS) is 13.5. The summed E-state index contributed by atoms with van der Waals surface area (Å²) in [5.41, 5.74) is 1.39. The lowest BCUT2D eigenvalue weighted by Gasteiger charge is -2.22. The fourth-order valence-electron chi connectivity index (χ4n) is 1.66. The van der Waals surface area contributed by atoms with Crippen LogP contribution in [-0.2, 0) is 4.74 Å². The monoisotopic (exact) mass is 240 g/mol. The lowest BCUT2D eigenvalue weighted by Crippen LogP contribution is -2.23. The topological polar surface area (TPSA) is 12.5 Å². The number of methoxy groups -OCH3 is 1. The van der Waals surface area contributed by atoms with E-state index in [1.165, 1.54) is 12.0 Å². The van der Waals surface area contributed by atoms with Crippen LogP contribution >= 0.6 is 0 Å². The number of hydrogen-bond donors (Lipinski definition) is 0. The van der Waals surface area contributed by atoms with Gasteiger partial charge in [-0.1, -0.05) is 19.4 Å². The first-order valence-corrected chi connectivity index (χ1v) is 6.79.